The highest BCUT2D eigenvalue weighted by atomic mass is 15.1. The first kappa shape index (κ1) is 6.65. The smallest absolute Gasteiger partial charge is 0.214 e. The molecule has 0 saturated carbocycles. The molecule has 3 heterocycles. The number of hydrogen-bond donors (Lipinski definition) is 1. The SMILES string of the molecule is Cc1cn2c(nc3ncccc32)[nH]1. The molecular formula is C9H8N4. The maximum absolute atomic E-state index is 4.33. The summed E-state index contributed by atoms with van der Waals surface area (Å²) in [5, 5.41) is 0. The fourth-order valence-corrected chi connectivity index (χ4v) is 1.55. The van der Waals surface area contributed by atoms with Crippen LogP contribution in [0.1, 0.15) is 5.69 Å². The van der Waals surface area contributed by atoms with Gasteiger partial charge >= 0.3 is 0 Å². The predicted molar refractivity (Wildman–Crippen MR) is 49.6 cm³/mol. The molecule has 0 aromatic carbocycles. The minimum Gasteiger partial charge on any atom is -0.328 e. The summed E-state index contributed by atoms with van der Waals surface area (Å²) < 4.78 is 2.01. The molecule has 4 nitrogen and oxygen atoms in total. The highest BCUT2D eigenvalue weighted by molar-refractivity contribution is 5.75. The van der Waals surface area contributed by atoms with Crippen LogP contribution in [-0.2, 0) is 0 Å². The lowest BCUT2D eigenvalue weighted by Gasteiger charge is -1.86. The molecule has 0 unspecified atom stereocenters. The van der Waals surface area contributed by atoms with Gasteiger partial charge in [-0.05, 0) is 19.1 Å². The van der Waals surface area contributed by atoms with Crippen LogP contribution in [0.5, 0.6) is 0 Å². The summed E-state index contributed by atoms with van der Waals surface area (Å²) in [5.41, 5.74) is 2.93. The fourth-order valence-electron chi connectivity index (χ4n) is 1.55. The van der Waals surface area contributed by atoms with Crippen molar-refractivity contribution in [1.82, 2.24) is 19.4 Å². The predicted octanol–water partition coefficient (Wildman–Crippen LogP) is 1.52. The summed E-state index contributed by atoms with van der Waals surface area (Å²) in [5.74, 6) is 0.853. The van der Waals surface area contributed by atoms with Crippen LogP contribution in [0.15, 0.2) is 24.5 Å². The van der Waals surface area contributed by atoms with E-state index in [2.05, 4.69) is 15.0 Å². The quantitative estimate of drug-likeness (QED) is 0.558. The number of aromatic nitrogens is 4. The normalized spacial score (nSPS) is 11.5. The van der Waals surface area contributed by atoms with Gasteiger partial charge in [0.15, 0.2) is 5.65 Å². The van der Waals surface area contributed by atoms with Crippen molar-refractivity contribution in [2.75, 3.05) is 0 Å². The van der Waals surface area contributed by atoms with E-state index in [1.54, 1.807) is 6.20 Å². The molecule has 3 rings (SSSR count). The van der Waals surface area contributed by atoms with Gasteiger partial charge in [-0.3, -0.25) is 4.40 Å². The van der Waals surface area contributed by atoms with E-state index in [0.717, 1.165) is 22.6 Å². The average Bonchev–Trinajstić information content (AvgIpc) is 2.60. The second-order valence-corrected chi connectivity index (χ2v) is 3.09. The Hall–Kier alpha value is -1.84. The van der Waals surface area contributed by atoms with Gasteiger partial charge in [0.25, 0.3) is 0 Å². The second-order valence-electron chi connectivity index (χ2n) is 3.09. The second kappa shape index (κ2) is 2.10. The van der Waals surface area contributed by atoms with Crippen molar-refractivity contribution in [3.05, 3.63) is 30.2 Å². The van der Waals surface area contributed by atoms with E-state index in [1.165, 1.54) is 0 Å². The number of aryl methyl sites for hydroxylation is 1. The molecule has 0 amide bonds. The van der Waals surface area contributed by atoms with Gasteiger partial charge in [0.05, 0.1) is 5.52 Å². The van der Waals surface area contributed by atoms with Gasteiger partial charge in [-0.15, -0.1) is 0 Å². The number of imidazole rings is 2. The van der Waals surface area contributed by atoms with Crippen LogP contribution in [0.25, 0.3) is 16.9 Å². The Balaban J connectivity index is 2.60. The first-order chi connectivity index (χ1) is 6.34. The average molecular weight is 172 g/mol. The van der Waals surface area contributed by atoms with E-state index in [1.807, 2.05) is 29.7 Å². The Morgan fingerprint density at radius 3 is 3.31 bits per heavy atom. The Morgan fingerprint density at radius 1 is 1.46 bits per heavy atom. The van der Waals surface area contributed by atoms with E-state index < -0.39 is 0 Å². The summed E-state index contributed by atoms with van der Waals surface area (Å²) in [6, 6.07) is 3.92. The molecule has 13 heavy (non-hydrogen) atoms. The summed E-state index contributed by atoms with van der Waals surface area (Å²) in [4.78, 5) is 11.7. The Kier molecular flexibility index (Phi) is 1.07. The molecule has 0 aliphatic rings. The molecule has 64 valence electrons. The fraction of sp³-hybridized carbons (Fsp3) is 0.111. The van der Waals surface area contributed by atoms with E-state index >= 15 is 0 Å². The number of nitrogens with zero attached hydrogens (tertiary/aromatic N) is 3. The number of rotatable bonds is 0. The zero-order valence-electron chi connectivity index (χ0n) is 7.15. The topological polar surface area (TPSA) is 46.0 Å². The minimum atomic E-state index is 0.786. The molecule has 3 aromatic heterocycles. The molecule has 0 aliphatic heterocycles. The molecule has 1 N–H and O–H groups in total. The van der Waals surface area contributed by atoms with Crippen LogP contribution in [0.4, 0.5) is 0 Å². The van der Waals surface area contributed by atoms with Crippen LogP contribution >= 0.6 is 0 Å². The van der Waals surface area contributed by atoms with Crippen LogP contribution < -0.4 is 0 Å². The molecule has 0 atom stereocenters. The lowest BCUT2D eigenvalue weighted by atomic mass is 10.4. The number of fused-ring (bicyclic) bond motifs is 3. The summed E-state index contributed by atoms with van der Waals surface area (Å²) in [6.07, 6.45) is 3.77. The zero-order valence-corrected chi connectivity index (χ0v) is 7.15. The molecule has 0 spiro atoms. The monoisotopic (exact) mass is 172 g/mol. The van der Waals surface area contributed by atoms with Crippen LogP contribution in [0, 0.1) is 6.92 Å². The summed E-state index contributed by atoms with van der Waals surface area (Å²) >= 11 is 0. The third-order valence-electron chi connectivity index (χ3n) is 2.10. The molecule has 0 fully saturated rings. The van der Waals surface area contributed by atoms with Crippen molar-refractivity contribution in [2.24, 2.45) is 0 Å². The molecule has 0 aliphatic carbocycles. The summed E-state index contributed by atoms with van der Waals surface area (Å²) in [7, 11) is 0. The van der Waals surface area contributed by atoms with Crippen molar-refractivity contribution >= 4 is 16.9 Å². The highest BCUT2D eigenvalue weighted by Gasteiger charge is 2.05. The minimum absolute atomic E-state index is 0.786. The van der Waals surface area contributed by atoms with Gasteiger partial charge in [0, 0.05) is 18.1 Å². The maximum atomic E-state index is 4.33. The number of aromatic amines is 1. The van der Waals surface area contributed by atoms with Gasteiger partial charge in [0.1, 0.15) is 0 Å². The first-order valence-corrected chi connectivity index (χ1v) is 4.13. The van der Waals surface area contributed by atoms with Gasteiger partial charge in [-0.1, -0.05) is 0 Å². The van der Waals surface area contributed by atoms with E-state index in [9.17, 15) is 0 Å². The number of hydrogen-bond acceptors (Lipinski definition) is 2. The van der Waals surface area contributed by atoms with Gasteiger partial charge < -0.3 is 4.98 Å². The lowest BCUT2D eigenvalue weighted by Crippen LogP contribution is -1.77. The van der Waals surface area contributed by atoms with Crippen LogP contribution in [0.2, 0.25) is 0 Å². The van der Waals surface area contributed by atoms with E-state index in [-0.39, 0.29) is 0 Å². The standard InChI is InChI=1S/C9H8N4/c1-6-5-13-7-3-2-4-10-8(7)12-9(13)11-6/h2-5H,1H3,(H,10,11,12). The lowest BCUT2D eigenvalue weighted by molar-refractivity contribution is 1.24. The molecule has 4 heteroatoms. The van der Waals surface area contributed by atoms with Crippen LogP contribution in [0.3, 0.4) is 0 Å². The van der Waals surface area contributed by atoms with Crippen molar-refractivity contribution in [3.63, 3.8) is 0 Å². The maximum Gasteiger partial charge on any atom is 0.214 e. The van der Waals surface area contributed by atoms with Crippen molar-refractivity contribution in [3.8, 4) is 0 Å². The first-order valence-electron chi connectivity index (χ1n) is 4.13. The molecule has 0 bridgehead atoms. The number of nitrogens with one attached hydrogen (secondary N) is 1. The van der Waals surface area contributed by atoms with Crippen molar-refractivity contribution < 1.29 is 0 Å². The van der Waals surface area contributed by atoms with Gasteiger partial charge in [-0.2, -0.15) is 4.98 Å². The molecular weight excluding hydrogens is 164 g/mol. The third-order valence-corrected chi connectivity index (χ3v) is 2.10. The van der Waals surface area contributed by atoms with Gasteiger partial charge in [-0.25, -0.2) is 4.98 Å². The Bertz CT molecular complexity index is 575. The Morgan fingerprint density at radius 2 is 2.38 bits per heavy atom. The Labute approximate surface area is 74.2 Å². The highest BCUT2D eigenvalue weighted by Crippen LogP contribution is 2.13. The van der Waals surface area contributed by atoms with Crippen molar-refractivity contribution in [1.29, 1.82) is 0 Å². The van der Waals surface area contributed by atoms with Crippen molar-refractivity contribution in [2.45, 2.75) is 6.92 Å². The molecule has 0 saturated heterocycles. The van der Waals surface area contributed by atoms with E-state index in [0.29, 0.717) is 0 Å². The largest absolute Gasteiger partial charge is 0.328 e. The van der Waals surface area contributed by atoms with E-state index in [4.69, 9.17) is 0 Å². The number of H-pyrrole nitrogens is 1. The number of pyridine rings is 1. The summed E-state index contributed by atoms with van der Waals surface area (Å²) in [6.45, 7) is 2.01. The molecule has 0 radical (unpaired) electrons. The molecule has 3 aromatic rings. The zero-order chi connectivity index (χ0) is 8.84. The van der Waals surface area contributed by atoms with Crippen LogP contribution in [-0.4, -0.2) is 19.4 Å². The van der Waals surface area contributed by atoms with Gasteiger partial charge in [0.2, 0.25) is 5.78 Å². The third kappa shape index (κ3) is 0.796.